The largest absolute Gasteiger partial charge is 0.497 e. The number of nitrogens with one attached hydrogen (secondary N) is 2. The summed E-state index contributed by atoms with van der Waals surface area (Å²) in [5, 5.41) is 5.20. The quantitative estimate of drug-likeness (QED) is 0.795. The lowest BCUT2D eigenvalue weighted by Crippen LogP contribution is -2.32. The molecule has 0 aliphatic heterocycles. The SMILES string of the molecule is COc1ccc(OCCNC(=O)Nc2ccco2)cc1. The normalized spacial score (nSPS) is 9.85. The second-order valence-corrected chi connectivity index (χ2v) is 3.88. The predicted octanol–water partition coefficient (Wildman–Crippen LogP) is 2.49. The number of carbonyl (C=O) groups is 1. The number of rotatable bonds is 6. The Balaban J connectivity index is 1.64. The Morgan fingerprint density at radius 1 is 1.20 bits per heavy atom. The molecule has 20 heavy (non-hydrogen) atoms. The first kappa shape index (κ1) is 13.8. The van der Waals surface area contributed by atoms with E-state index in [0.717, 1.165) is 11.5 Å². The molecule has 2 amide bonds. The molecule has 0 unspecified atom stereocenters. The second kappa shape index (κ2) is 7.08. The number of ether oxygens (including phenoxy) is 2. The molecule has 0 fully saturated rings. The highest BCUT2D eigenvalue weighted by molar-refractivity contribution is 5.87. The Hall–Kier alpha value is -2.63. The molecular formula is C14H16N2O4. The van der Waals surface area contributed by atoms with E-state index in [1.165, 1.54) is 6.26 Å². The molecule has 0 saturated heterocycles. The van der Waals surface area contributed by atoms with Gasteiger partial charge in [-0.25, -0.2) is 4.79 Å². The average Bonchev–Trinajstić information content (AvgIpc) is 2.97. The molecule has 0 bridgehead atoms. The first-order valence-electron chi connectivity index (χ1n) is 6.13. The molecule has 2 rings (SSSR count). The molecule has 0 radical (unpaired) electrons. The highest BCUT2D eigenvalue weighted by Crippen LogP contribution is 2.16. The molecular weight excluding hydrogens is 260 g/mol. The number of methoxy groups -OCH3 is 1. The summed E-state index contributed by atoms with van der Waals surface area (Å²) in [4.78, 5) is 11.5. The van der Waals surface area contributed by atoms with E-state index in [1.54, 1.807) is 19.2 Å². The summed E-state index contributed by atoms with van der Waals surface area (Å²) in [6, 6.07) is 10.3. The van der Waals surface area contributed by atoms with Crippen LogP contribution in [0.15, 0.2) is 47.1 Å². The van der Waals surface area contributed by atoms with Crippen molar-refractivity contribution in [2.45, 2.75) is 0 Å². The standard InChI is InChI=1S/C14H16N2O4/c1-18-11-4-6-12(7-5-11)19-10-8-15-14(17)16-13-3-2-9-20-13/h2-7,9H,8,10H2,1H3,(H2,15,16,17). The number of hydrogen-bond acceptors (Lipinski definition) is 4. The van der Waals surface area contributed by atoms with Crippen molar-refractivity contribution < 1.29 is 18.7 Å². The van der Waals surface area contributed by atoms with E-state index in [-0.39, 0.29) is 6.03 Å². The van der Waals surface area contributed by atoms with Gasteiger partial charge in [0.1, 0.15) is 18.1 Å². The third-order valence-electron chi connectivity index (χ3n) is 2.47. The van der Waals surface area contributed by atoms with Gasteiger partial charge in [0.05, 0.1) is 19.9 Å². The Labute approximate surface area is 116 Å². The number of anilines is 1. The van der Waals surface area contributed by atoms with Gasteiger partial charge in [0.15, 0.2) is 0 Å². The Bertz CT molecular complexity index is 523. The van der Waals surface area contributed by atoms with Gasteiger partial charge >= 0.3 is 6.03 Å². The number of urea groups is 1. The van der Waals surface area contributed by atoms with Crippen LogP contribution in [0.4, 0.5) is 10.7 Å². The Morgan fingerprint density at radius 3 is 2.60 bits per heavy atom. The lowest BCUT2D eigenvalue weighted by Gasteiger charge is -2.08. The van der Waals surface area contributed by atoms with E-state index >= 15 is 0 Å². The van der Waals surface area contributed by atoms with Crippen LogP contribution in [-0.2, 0) is 0 Å². The molecule has 0 atom stereocenters. The smallest absolute Gasteiger partial charge is 0.321 e. The fourth-order valence-electron chi connectivity index (χ4n) is 1.51. The lowest BCUT2D eigenvalue weighted by molar-refractivity contribution is 0.247. The van der Waals surface area contributed by atoms with Crippen LogP contribution in [0.5, 0.6) is 11.5 Å². The monoisotopic (exact) mass is 276 g/mol. The van der Waals surface area contributed by atoms with Crippen molar-refractivity contribution in [1.29, 1.82) is 0 Å². The van der Waals surface area contributed by atoms with Gasteiger partial charge in [0.2, 0.25) is 5.88 Å². The van der Waals surface area contributed by atoms with Crippen LogP contribution in [0.25, 0.3) is 0 Å². The number of carbonyl (C=O) groups excluding carboxylic acids is 1. The minimum atomic E-state index is -0.335. The zero-order valence-corrected chi connectivity index (χ0v) is 11.1. The van der Waals surface area contributed by atoms with E-state index in [2.05, 4.69) is 10.6 Å². The summed E-state index contributed by atoms with van der Waals surface area (Å²) in [6.45, 7) is 0.760. The number of benzene rings is 1. The molecule has 2 N–H and O–H groups in total. The fourth-order valence-corrected chi connectivity index (χ4v) is 1.51. The van der Waals surface area contributed by atoms with E-state index in [1.807, 2.05) is 24.3 Å². The summed E-state index contributed by atoms with van der Waals surface area (Å²) < 4.78 is 15.5. The number of hydrogen-bond donors (Lipinski definition) is 2. The van der Waals surface area contributed by atoms with E-state index in [4.69, 9.17) is 13.9 Å². The van der Waals surface area contributed by atoms with Gasteiger partial charge < -0.3 is 19.2 Å². The third-order valence-corrected chi connectivity index (χ3v) is 2.47. The van der Waals surface area contributed by atoms with Crippen molar-refractivity contribution in [1.82, 2.24) is 5.32 Å². The van der Waals surface area contributed by atoms with Crippen molar-refractivity contribution in [2.75, 3.05) is 25.6 Å². The minimum Gasteiger partial charge on any atom is -0.497 e. The van der Waals surface area contributed by atoms with Gasteiger partial charge in [-0.1, -0.05) is 0 Å². The average molecular weight is 276 g/mol. The Morgan fingerprint density at radius 2 is 1.95 bits per heavy atom. The molecule has 106 valence electrons. The van der Waals surface area contributed by atoms with Crippen LogP contribution >= 0.6 is 0 Å². The van der Waals surface area contributed by atoms with E-state index < -0.39 is 0 Å². The molecule has 0 saturated carbocycles. The van der Waals surface area contributed by atoms with Crippen LogP contribution in [-0.4, -0.2) is 26.3 Å². The van der Waals surface area contributed by atoms with Crippen molar-refractivity contribution >= 4 is 11.9 Å². The number of amides is 2. The minimum absolute atomic E-state index is 0.335. The summed E-state index contributed by atoms with van der Waals surface area (Å²) in [7, 11) is 1.61. The maximum atomic E-state index is 11.5. The molecule has 6 heteroatoms. The van der Waals surface area contributed by atoms with Crippen molar-refractivity contribution in [3.63, 3.8) is 0 Å². The summed E-state index contributed by atoms with van der Waals surface area (Å²) >= 11 is 0. The topological polar surface area (TPSA) is 72.7 Å². The zero-order valence-electron chi connectivity index (χ0n) is 11.1. The van der Waals surface area contributed by atoms with Gasteiger partial charge in [0, 0.05) is 6.07 Å². The van der Waals surface area contributed by atoms with E-state index in [9.17, 15) is 4.79 Å². The zero-order chi connectivity index (χ0) is 14.2. The first-order chi connectivity index (χ1) is 9.78. The Kier molecular flexibility index (Phi) is 4.88. The van der Waals surface area contributed by atoms with Gasteiger partial charge in [-0.15, -0.1) is 0 Å². The molecule has 0 aliphatic rings. The molecule has 1 aromatic carbocycles. The van der Waals surface area contributed by atoms with Crippen LogP contribution in [0, 0.1) is 0 Å². The highest BCUT2D eigenvalue weighted by Gasteiger charge is 2.02. The lowest BCUT2D eigenvalue weighted by atomic mass is 10.3. The molecule has 6 nitrogen and oxygen atoms in total. The predicted molar refractivity (Wildman–Crippen MR) is 74.2 cm³/mol. The molecule has 0 spiro atoms. The van der Waals surface area contributed by atoms with Gasteiger partial charge in [-0.3, -0.25) is 5.32 Å². The fraction of sp³-hybridized carbons (Fsp3) is 0.214. The van der Waals surface area contributed by atoms with Crippen LogP contribution in [0.3, 0.4) is 0 Å². The molecule has 1 aromatic heterocycles. The van der Waals surface area contributed by atoms with Gasteiger partial charge in [-0.2, -0.15) is 0 Å². The van der Waals surface area contributed by atoms with Crippen LogP contribution in [0.1, 0.15) is 0 Å². The maximum absolute atomic E-state index is 11.5. The van der Waals surface area contributed by atoms with E-state index in [0.29, 0.717) is 19.0 Å². The van der Waals surface area contributed by atoms with Gasteiger partial charge in [-0.05, 0) is 30.3 Å². The van der Waals surface area contributed by atoms with Crippen molar-refractivity contribution in [3.8, 4) is 11.5 Å². The summed E-state index contributed by atoms with van der Waals surface area (Å²) in [5.74, 6) is 1.89. The van der Waals surface area contributed by atoms with Crippen LogP contribution < -0.4 is 20.1 Å². The maximum Gasteiger partial charge on any atom is 0.321 e. The van der Waals surface area contributed by atoms with Crippen molar-refractivity contribution in [2.24, 2.45) is 0 Å². The molecule has 2 aromatic rings. The van der Waals surface area contributed by atoms with Crippen molar-refractivity contribution in [3.05, 3.63) is 42.7 Å². The third kappa shape index (κ3) is 4.24. The first-order valence-corrected chi connectivity index (χ1v) is 6.13. The highest BCUT2D eigenvalue weighted by atomic mass is 16.5. The second-order valence-electron chi connectivity index (χ2n) is 3.88. The summed E-state index contributed by atoms with van der Waals surface area (Å²) in [5.41, 5.74) is 0. The molecule has 0 aliphatic carbocycles. The molecule has 1 heterocycles. The number of furan rings is 1. The van der Waals surface area contributed by atoms with Gasteiger partial charge in [0.25, 0.3) is 0 Å². The summed E-state index contributed by atoms with van der Waals surface area (Å²) in [6.07, 6.45) is 1.49. The van der Waals surface area contributed by atoms with Crippen LogP contribution in [0.2, 0.25) is 0 Å².